The molecule has 0 saturated carbocycles. The number of hydrogen-bond donors (Lipinski definition) is 1. The average molecular weight is 229 g/mol. The lowest BCUT2D eigenvalue weighted by Crippen LogP contribution is -2.06. The molecule has 4 nitrogen and oxygen atoms in total. The molecule has 7 heteroatoms. The monoisotopic (exact) mass is 229 g/mol. The molecular weight excluding hydrogens is 223 g/mol. The lowest BCUT2D eigenvalue weighted by molar-refractivity contribution is 0.476. The first-order valence-corrected chi connectivity index (χ1v) is 4.28. The Morgan fingerprint density at radius 3 is 2.56 bits per heavy atom. The van der Waals surface area contributed by atoms with Crippen molar-refractivity contribution in [1.82, 2.24) is 10.2 Å². The van der Waals surface area contributed by atoms with E-state index in [-0.39, 0.29) is 5.89 Å². The zero-order valence-electron chi connectivity index (χ0n) is 7.88. The number of nitrogens with two attached hydrogens (primary N) is 1. The van der Waals surface area contributed by atoms with Crippen molar-refractivity contribution >= 4 is 0 Å². The molecule has 0 amide bonds. The van der Waals surface area contributed by atoms with Gasteiger partial charge in [-0.2, -0.15) is 0 Å². The molecule has 0 aliphatic rings. The molecule has 0 fully saturated rings. The van der Waals surface area contributed by atoms with Gasteiger partial charge >= 0.3 is 0 Å². The lowest BCUT2D eigenvalue weighted by atomic mass is 10.1. The maximum absolute atomic E-state index is 13.5. The van der Waals surface area contributed by atoms with Crippen molar-refractivity contribution in [2.75, 3.05) is 0 Å². The van der Waals surface area contributed by atoms with E-state index >= 15 is 0 Å². The quantitative estimate of drug-likeness (QED) is 0.794. The van der Waals surface area contributed by atoms with E-state index in [1.807, 2.05) is 0 Å². The first-order valence-electron chi connectivity index (χ1n) is 4.28. The van der Waals surface area contributed by atoms with Crippen LogP contribution in [0.15, 0.2) is 16.9 Å². The normalized spacial score (nSPS) is 10.8. The van der Waals surface area contributed by atoms with Crippen molar-refractivity contribution < 1.29 is 17.6 Å². The van der Waals surface area contributed by atoms with Gasteiger partial charge in [0, 0.05) is 12.1 Å². The molecule has 2 aromatic rings. The minimum Gasteiger partial charge on any atom is -0.423 e. The van der Waals surface area contributed by atoms with E-state index in [0.717, 1.165) is 12.5 Å². The molecule has 0 bridgehead atoms. The van der Waals surface area contributed by atoms with Crippen LogP contribution >= 0.6 is 0 Å². The topological polar surface area (TPSA) is 64.9 Å². The van der Waals surface area contributed by atoms with Gasteiger partial charge in [-0.25, -0.2) is 13.2 Å². The van der Waals surface area contributed by atoms with Crippen LogP contribution in [-0.2, 0) is 6.54 Å². The molecule has 16 heavy (non-hydrogen) atoms. The molecule has 0 atom stereocenters. The van der Waals surface area contributed by atoms with Gasteiger partial charge in [-0.3, -0.25) is 0 Å². The third kappa shape index (κ3) is 1.54. The van der Waals surface area contributed by atoms with Crippen LogP contribution < -0.4 is 5.73 Å². The van der Waals surface area contributed by atoms with Crippen LogP contribution in [0, 0.1) is 17.5 Å². The molecule has 1 aromatic carbocycles. The van der Waals surface area contributed by atoms with Crippen LogP contribution in [0.25, 0.3) is 11.5 Å². The number of benzene rings is 1. The van der Waals surface area contributed by atoms with Crippen molar-refractivity contribution in [1.29, 1.82) is 0 Å². The number of aromatic nitrogens is 2. The van der Waals surface area contributed by atoms with E-state index in [0.29, 0.717) is 0 Å². The van der Waals surface area contributed by atoms with Crippen molar-refractivity contribution in [3.8, 4) is 11.5 Å². The van der Waals surface area contributed by atoms with Gasteiger partial charge in [-0.15, -0.1) is 10.2 Å². The Hall–Kier alpha value is -1.89. The Bertz CT molecular complexity index is 513. The second kappa shape index (κ2) is 3.93. The highest BCUT2D eigenvalue weighted by atomic mass is 19.2. The second-order valence-electron chi connectivity index (χ2n) is 2.96. The number of nitrogens with zero attached hydrogens (tertiary/aromatic N) is 2. The first-order chi connectivity index (χ1) is 7.65. The second-order valence-corrected chi connectivity index (χ2v) is 2.96. The third-order valence-electron chi connectivity index (χ3n) is 2.05. The third-order valence-corrected chi connectivity index (χ3v) is 2.05. The fraction of sp³-hybridized carbons (Fsp3) is 0.111. The summed E-state index contributed by atoms with van der Waals surface area (Å²) in [5.41, 5.74) is 4.15. The molecule has 84 valence electrons. The highest BCUT2D eigenvalue weighted by molar-refractivity contribution is 5.55. The zero-order valence-corrected chi connectivity index (χ0v) is 7.88. The van der Waals surface area contributed by atoms with Gasteiger partial charge in [0.05, 0.1) is 5.56 Å². The number of halogens is 3. The standard InChI is InChI=1S/C9H6F3N3O/c10-6-1-4(9-15-14-3-16-9)7(11)8(12)5(6)2-13/h1,3H,2,13H2. The maximum Gasteiger partial charge on any atom is 0.250 e. The smallest absolute Gasteiger partial charge is 0.250 e. The van der Waals surface area contributed by atoms with Crippen LogP contribution in [0.1, 0.15) is 5.56 Å². The molecule has 0 radical (unpaired) electrons. The molecule has 0 saturated heterocycles. The Morgan fingerprint density at radius 1 is 1.25 bits per heavy atom. The molecule has 0 unspecified atom stereocenters. The van der Waals surface area contributed by atoms with Crippen molar-refractivity contribution in [3.63, 3.8) is 0 Å². The van der Waals surface area contributed by atoms with Crippen LogP contribution in [0.4, 0.5) is 13.2 Å². The molecule has 0 aliphatic heterocycles. The fourth-order valence-electron chi connectivity index (χ4n) is 1.27. The summed E-state index contributed by atoms with van der Waals surface area (Å²) in [7, 11) is 0. The van der Waals surface area contributed by atoms with Crippen LogP contribution in [0.5, 0.6) is 0 Å². The van der Waals surface area contributed by atoms with E-state index < -0.39 is 35.1 Å². The largest absolute Gasteiger partial charge is 0.423 e. The molecule has 1 aromatic heterocycles. The van der Waals surface area contributed by atoms with Gasteiger partial charge in [-0.1, -0.05) is 0 Å². The van der Waals surface area contributed by atoms with Crippen molar-refractivity contribution in [2.24, 2.45) is 5.73 Å². The van der Waals surface area contributed by atoms with Gasteiger partial charge in [0.2, 0.25) is 6.39 Å². The zero-order chi connectivity index (χ0) is 11.7. The molecule has 1 heterocycles. The maximum atomic E-state index is 13.5. The van der Waals surface area contributed by atoms with E-state index in [4.69, 9.17) is 5.73 Å². The first kappa shape index (κ1) is 10.6. The van der Waals surface area contributed by atoms with E-state index in [1.165, 1.54) is 0 Å². The summed E-state index contributed by atoms with van der Waals surface area (Å²) < 4.78 is 44.8. The summed E-state index contributed by atoms with van der Waals surface area (Å²) in [5, 5.41) is 6.65. The fourth-order valence-corrected chi connectivity index (χ4v) is 1.27. The van der Waals surface area contributed by atoms with E-state index in [9.17, 15) is 13.2 Å². The van der Waals surface area contributed by atoms with Gasteiger partial charge < -0.3 is 10.2 Å². The van der Waals surface area contributed by atoms with Crippen molar-refractivity contribution in [2.45, 2.75) is 6.54 Å². The molecule has 0 aliphatic carbocycles. The van der Waals surface area contributed by atoms with Crippen LogP contribution in [0.2, 0.25) is 0 Å². The summed E-state index contributed by atoms with van der Waals surface area (Å²) in [4.78, 5) is 0. The lowest BCUT2D eigenvalue weighted by Gasteiger charge is -2.05. The number of rotatable bonds is 2. The highest BCUT2D eigenvalue weighted by Gasteiger charge is 2.21. The predicted molar refractivity (Wildman–Crippen MR) is 47.5 cm³/mol. The highest BCUT2D eigenvalue weighted by Crippen LogP contribution is 2.26. The summed E-state index contributed by atoms with van der Waals surface area (Å²) in [6.45, 7) is -0.432. The predicted octanol–water partition coefficient (Wildman–Crippen LogP) is 1.61. The number of hydrogen-bond acceptors (Lipinski definition) is 4. The summed E-state index contributed by atoms with van der Waals surface area (Å²) in [5.74, 6) is -3.84. The Kier molecular flexibility index (Phi) is 2.61. The summed E-state index contributed by atoms with van der Waals surface area (Å²) in [6, 6.07) is 0.772. The molecular formula is C9H6F3N3O. The average Bonchev–Trinajstić information content (AvgIpc) is 2.77. The van der Waals surface area contributed by atoms with Gasteiger partial charge in [0.1, 0.15) is 5.82 Å². The van der Waals surface area contributed by atoms with E-state index in [1.54, 1.807) is 0 Å². The Balaban J connectivity index is 2.66. The SMILES string of the molecule is NCc1c(F)cc(-c2nnco2)c(F)c1F. The van der Waals surface area contributed by atoms with Crippen molar-refractivity contribution in [3.05, 3.63) is 35.5 Å². The summed E-state index contributed by atoms with van der Waals surface area (Å²) >= 11 is 0. The molecule has 2 rings (SSSR count). The van der Waals surface area contributed by atoms with Gasteiger partial charge in [0.15, 0.2) is 11.6 Å². The van der Waals surface area contributed by atoms with Gasteiger partial charge in [0.25, 0.3) is 5.89 Å². The Morgan fingerprint density at radius 2 is 2.00 bits per heavy atom. The molecule has 0 spiro atoms. The van der Waals surface area contributed by atoms with Crippen LogP contribution in [0.3, 0.4) is 0 Å². The summed E-state index contributed by atoms with van der Waals surface area (Å²) in [6.07, 6.45) is 0.932. The van der Waals surface area contributed by atoms with Crippen LogP contribution in [-0.4, -0.2) is 10.2 Å². The Labute approximate surface area is 87.9 Å². The minimum absolute atomic E-state index is 0.293. The molecule has 2 N–H and O–H groups in total. The minimum atomic E-state index is -1.34. The van der Waals surface area contributed by atoms with E-state index in [2.05, 4.69) is 14.6 Å². The van der Waals surface area contributed by atoms with Gasteiger partial charge in [-0.05, 0) is 6.07 Å².